The molecule has 0 aliphatic heterocycles. The molecular formula is C19H17ClF4N2O3S. The fourth-order valence-corrected chi connectivity index (χ4v) is 4.03. The van der Waals surface area contributed by atoms with Crippen molar-refractivity contribution in [1.29, 1.82) is 0 Å². The Kier molecular flexibility index (Phi) is 6.72. The summed E-state index contributed by atoms with van der Waals surface area (Å²) in [6.45, 7) is 5.60. The maximum absolute atomic E-state index is 14.6. The van der Waals surface area contributed by atoms with E-state index in [9.17, 15) is 31.9 Å². The van der Waals surface area contributed by atoms with Crippen molar-refractivity contribution in [2.75, 3.05) is 0 Å². The van der Waals surface area contributed by atoms with Crippen LogP contribution < -0.4 is 11.2 Å². The van der Waals surface area contributed by atoms with Crippen molar-refractivity contribution < 1.29 is 22.4 Å². The van der Waals surface area contributed by atoms with Gasteiger partial charge in [-0.05, 0) is 39.8 Å². The lowest BCUT2D eigenvalue weighted by Gasteiger charge is -2.18. The Balaban J connectivity index is 2.84. The van der Waals surface area contributed by atoms with Gasteiger partial charge in [-0.15, -0.1) is 0 Å². The van der Waals surface area contributed by atoms with Crippen LogP contribution in [0.25, 0.3) is 5.69 Å². The molecule has 2 rings (SSSR count). The van der Waals surface area contributed by atoms with Gasteiger partial charge in [0.1, 0.15) is 11.5 Å². The second-order valence-corrected chi connectivity index (χ2v) is 8.13. The minimum atomic E-state index is -4.95. The lowest BCUT2D eigenvalue weighted by molar-refractivity contribution is -0.144. The zero-order valence-corrected chi connectivity index (χ0v) is 18.1. The number of hydrogen-bond acceptors (Lipinski definition) is 4. The molecule has 0 amide bonds. The molecule has 0 saturated carbocycles. The normalized spacial score (nSPS) is 11.5. The minimum Gasteiger partial charge on any atom is -0.294 e. The smallest absolute Gasteiger partial charge is 0.294 e. The molecule has 0 unspecified atom stereocenters. The van der Waals surface area contributed by atoms with Crippen LogP contribution in [0, 0.1) is 12.7 Å². The van der Waals surface area contributed by atoms with E-state index in [4.69, 9.17) is 11.6 Å². The lowest BCUT2D eigenvalue weighted by Crippen LogP contribution is -2.43. The summed E-state index contributed by atoms with van der Waals surface area (Å²) in [6.07, 6.45) is -4.95. The van der Waals surface area contributed by atoms with Crippen molar-refractivity contribution in [1.82, 2.24) is 9.13 Å². The van der Waals surface area contributed by atoms with Crippen molar-refractivity contribution >= 4 is 29.1 Å². The van der Waals surface area contributed by atoms with Gasteiger partial charge in [-0.25, -0.2) is 13.8 Å². The second-order valence-electron chi connectivity index (χ2n) is 6.67. The highest BCUT2D eigenvalue weighted by Gasteiger charge is 2.38. The number of rotatable bonds is 4. The van der Waals surface area contributed by atoms with Crippen LogP contribution in [0.1, 0.15) is 32.0 Å². The summed E-state index contributed by atoms with van der Waals surface area (Å²) >= 11 is 6.96. The molecule has 30 heavy (non-hydrogen) atoms. The average molecular weight is 465 g/mol. The Bertz CT molecular complexity index is 1150. The van der Waals surface area contributed by atoms with Gasteiger partial charge in [0, 0.05) is 17.5 Å². The first-order valence-corrected chi connectivity index (χ1v) is 9.63. The van der Waals surface area contributed by atoms with E-state index in [0.29, 0.717) is 15.0 Å². The lowest BCUT2D eigenvalue weighted by atomic mass is 10.2. The van der Waals surface area contributed by atoms with Crippen molar-refractivity contribution in [3.05, 3.63) is 65.5 Å². The van der Waals surface area contributed by atoms with Crippen LogP contribution in [0.5, 0.6) is 0 Å². The van der Waals surface area contributed by atoms with E-state index in [1.54, 1.807) is 13.8 Å². The molecule has 0 aliphatic carbocycles. The Morgan fingerprint density at radius 1 is 1.13 bits per heavy atom. The third-order valence-electron chi connectivity index (χ3n) is 4.19. The van der Waals surface area contributed by atoms with Gasteiger partial charge in [-0.2, -0.15) is 13.2 Å². The summed E-state index contributed by atoms with van der Waals surface area (Å²) in [5.41, 5.74) is -4.77. The van der Waals surface area contributed by atoms with E-state index >= 15 is 0 Å². The van der Waals surface area contributed by atoms with Gasteiger partial charge in [0.05, 0.1) is 15.6 Å². The summed E-state index contributed by atoms with van der Waals surface area (Å²) < 4.78 is 55.0. The van der Waals surface area contributed by atoms with Crippen LogP contribution in [0.3, 0.4) is 0 Å². The number of Topliss-reactive ketones (excluding diaryl/α,β-unsaturated/α-hetero) is 1. The van der Waals surface area contributed by atoms with Crippen LogP contribution in [-0.4, -0.2) is 14.9 Å². The van der Waals surface area contributed by atoms with Crippen LogP contribution in [0.4, 0.5) is 17.6 Å². The third-order valence-corrected chi connectivity index (χ3v) is 6.07. The molecule has 0 spiro atoms. The molecule has 1 aromatic carbocycles. The molecule has 1 heterocycles. The number of alkyl halides is 3. The van der Waals surface area contributed by atoms with Gasteiger partial charge in [0.25, 0.3) is 5.56 Å². The monoisotopic (exact) mass is 464 g/mol. The summed E-state index contributed by atoms with van der Waals surface area (Å²) in [4.78, 5) is 37.4. The first-order valence-electron chi connectivity index (χ1n) is 8.44. The van der Waals surface area contributed by atoms with E-state index in [-0.39, 0.29) is 20.3 Å². The predicted molar refractivity (Wildman–Crippen MR) is 107 cm³/mol. The number of carbonyl (C=O) groups excluding carboxylic acids is 1. The molecule has 11 heteroatoms. The predicted octanol–water partition coefficient (Wildman–Crippen LogP) is 4.63. The number of aromatic nitrogens is 2. The number of nitrogens with zero attached hydrogens (tertiary/aromatic N) is 2. The van der Waals surface area contributed by atoms with Crippen molar-refractivity contribution in [2.24, 2.45) is 7.05 Å². The topological polar surface area (TPSA) is 61.1 Å². The van der Waals surface area contributed by atoms with Crippen molar-refractivity contribution in [3.63, 3.8) is 0 Å². The maximum atomic E-state index is 14.6. The van der Waals surface area contributed by atoms with E-state index in [0.717, 1.165) is 37.9 Å². The fraction of sp³-hybridized carbons (Fsp3) is 0.316. The molecule has 2 aromatic rings. The zero-order chi connectivity index (χ0) is 23.1. The molecule has 0 radical (unpaired) electrons. The number of halogens is 5. The number of allylic oxidation sites excluding steroid dienone is 2. The Morgan fingerprint density at radius 3 is 2.17 bits per heavy atom. The highest BCUT2D eigenvalue weighted by molar-refractivity contribution is 8.04. The summed E-state index contributed by atoms with van der Waals surface area (Å²) in [5, 5.41) is -0.0882. The minimum absolute atomic E-state index is 0.0882. The average Bonchev–Trinajstić information content (AvgIpc) is 2.59. The highest BCUT2D eigenvalue weighted by Crippen LogP contribution is 2.37. The molecule has 0 saturated heterocycles. The van der Waals surface area contributed by atoms with Crippen LogP contribution in [0.2, 0.25) is 5.02 Å². The molecule has 162 valence electrons. The number of carbonyl (C=O) groups is 1. The van der Waals surface area contributed by atoms with Gasteiger partial charge in [0.2, 0.25) is 0 Å². The Morgan fingerprint density at radius 2 is 1.70 bits per heavy atom. The van der Waals surface area contributed by atoms with Gasteiger partial charge < -0.3 is 0 Å². The first-order chi connectivity index (χ1) is 13.7. The SMILES string of the molecule is CC(=O)C(Sc1cc(-n2c(=O)c(C)c(C(F)(F)F)n(C)c2=O)c(F)cc1Cl)=C(C)C. The van der Waals surface area contributed by atoms with Gasteiger partial charge >= 0.3 is 11.9 Å². The Labute approximate surface area is 178 Å². The highest BCUT2D eigenvalue weighted by atomic mass is 35.5. The van der Waals surface area contributed by atoms with E-state index in [2.05, 4.69) is 0 Å². The summed E-state index contributed by atoms with van der Waals surface area (Å²) in [7, 11) is 0.842. The molecule has 0 fully saturated rings. The maximum Gasteiger partial charge on any atom is 0.432 e. The molecule has 0 aliphatic rings. The largest absolute Gasteiger partial charge is 0.432 e. The number of thioether (sulfide) groups is 1. The summed E-state index contributed by atoms with van der Waals surface area (Å²) in [6, 6.07) is 1.89. The van der Waals surface area contributed by atoms with E-state index < -0.39 is 40.2 Å². The van der Waals surface area contributed by atoms with Gasteiger partial charge in [-0.1, -0.05) is 28.9 Å². The molecular weight excluding hydrogens is 448 g/mol. The van der Waals surface area contributed by atoms with Gasteiger partial charge in [0.15, 0.2) is 5.78 Å². The van der Waals surface area contributed by atoms with Crippen LogP contribution >= 0.6 is 23.4 Å². The standard InChI is InChI=1S/C19H17ClF4N2O3S/c1-8(2)15(10(4)27)30-14-7-13(12(21)6-11(14)20)26-17(28)9(3)16(19(22,23)24)25(5)18(26)29/h6-7H,1-5H3. The number of ketones is 1. The van der Waals surface area contributed by atoms with E-state index in [1.807, 2.05) is 0 Å². The molecule has 5 nitrogen and oxygen atoms in total. The quantitative estimate of drug-likeness (QED) is 0.376. The van der Waals surface area contributed by atoms with E-state index in [1.165, 1.54) is 6.92 Å². The fourth-order valence-electron chi connectivity index (χ4n) is 2.87. The number of benzene rings is 1. The first kappa shape index (κ1) is 23.9. The summed E-state index contributed by atoms with van der Waals surface area (Å²) in [5.74, 6) is -1.36. The third kappa shape index (κ3) is 4.39. The molecule has 1 aromatic heterocycles. The second kappa shape index (κ2) is 8.43. The Hall–Kier alpha value is -2.33. The van der Waals surface area contributed by atoms with Crippen LogP contribution in [0.15, 0.2) is 37.1 Å². The molecule has 0 atom stereocenters. The van der Waals surface area contributed by atoms with Crippen molar-refractivity contribution in [3.8, 4) is 5.69 Å². The van der Waals surface area contributed by atoms with Crippen molar-refractivity contribution in [2.45, 2.75) is 38.8 Å². The van der Waals surface area contributed by atoms with Crippen LogP contribution in [-0.2, 0) is 18.0 Å². The zero-order valence-electron chi connectivity index (χ0n) is 16.6. The molecule has 0 N–H and O–H groups in total. The molecule has 0 bridgehead atoms. The number of hydrogen-bond donors (Lipinski definition) is 0. The van der Waals surface area contributed by atoms with Gasteiger partial charge in [-0.3, -0.25) is 14.2 Å².